The van der Waals surface area contributed by atoms with Crippen LogP contribution in [0.15, 0.2) is 60.7 Å². The smallest absolute Gasteiger partial charge is 0.108 e. The lowest BCUT2D eigenvalue weighted by molar-refractivity contribution is 0.0667. The van der Waals surface area contributed by atoms with Crippen LogP contribution in [0.3, 0.4) is 0 Å². The molecule has 0 aliphatic rings. The summed E-state index contributed by atoms with van der Waals surface area (Å²) in [6.45, 7) is 10.7. The van der Waals surface area contributed by atoms with Gasteiger partial charge in [0.05, 0.1) is 6.61 Å². The maximum Gasteiger partial charge on any atom is 0.108 e. The summed E-state index contributed by atoms with van der Waals surface area (Å²) in [4.78, 5) is 0. The fraction of sp³-hybridized carbons (Fsp3) is 0.308. The molecule has 0 aliphatic carbocycles. The first kappa shape index (κ1) is 22.2. The number of nitrogens with one attached hydrogen (secondary N) is 2. The van der Waals surface area contributed by atoms with Crippen molar-refractivity contribution in [1.82, 2.24) is 0 Å². The summed E-state index contributed by atoms with van der Waals surface area (Å²) >= 11 is 6.36. The first-order chi connectivity index (χ1) is 14.5. The van der Waals surface area contributed by atoms with E-state index >= 15 is 0 Å². The Hall–Kier alpha value is -2.49. The fourth-order valence-corrected chi connectivity index (χ4v) is 3.84. The summed E-state index contributed by atoms with van der Waals surface area (Å²) in [5.41, 5.74) is 8.00. The largest absolute Gasteiger partial charge is 0.385 e. The number of benzene rings is 3. The molecule has 0 heterocycles. The van der Waals surface area contributed by atoms with Crippen LogP contribution >= 0.6 is 11.6 Å². The highest BCUT2D eigenvalue weighted by Crippen LogP contribution is 2.32. The van der Waals surface area contributed by atoms with E-state index in [9.17, 15) is 0 Å². The molecule has 0 bridgehead atoms. The van der Waals surface area contributed by atoms with Crippen LogP contribution in [-0.2, 0) is 11.3 Å². The van der Waals surface area contributed by atoms with E-state index in [0.29, 0.717) is 6.61 Å². The molecule has 0 radical (unpaired) electrons. The molecule has 0 spiro atoms. The lowest BCUT2D eigenvalue weighted by Gasteiger charge is -2.22. The number of rotatable bonds is 9. The van der Waals surface area contributed by atoms with Gasteiger partial charge in [0.1, 0.15) is 6.10 Å². The van der Waals surface area contributed by atoms with E-state index in [0.717, 1.165) is 46.2 Å². The van der Waals surface area contributed by atoms with Crippen molar-refractivity contribution in [1.29, 1.82) is 0 Å². The second kappa shape index (κ2) is 10.5. The van der Waals surface area contributed by atoms with Crippen LogP contribution in [0.5, 0.6) is 0 Å². The first-order valence-electron chi connectivity index (χ1n) is 10.6. The summed E-state index contributed by atoms with van der Waals surface area (Å²) < 4.78 is 6.47. The van der Waals surface area contributed by atoms with Gasteiger partial charge in [0.15, 0.2) is 0 Å². The van der Waals surface area contributed by atoms with Crippen LogP contribution in [-0.4, -0.2) is 13.1 Å². The Bertz CT molecular complexity index is 931. The molecule has 4 heteroatoms. The highest BCUT2D eigenvalue weighted by molar-refractivity contribution is 6.31. The number of hydrogen-bond acceptors (Lipinski definition) is 3. The van der Waals surface area contributed by atoms with Gasteiger partial charge in [-0.3, -0.25) is 0 Å². The van der Waals surface area contributed by atoms with Crippen molar-refractivity contribution in [2.45, 2.75) is 40.4 Å². The van der Waals surface area contributed by atoms with Gasteiger partial charge in [0, 0.05) is 29.5 Å². The molecule has 0 amide bonds. The molecule has 0 unspecified atom stereocenters. The number of aryl methyl sites for hydroxylation is 2. The number of halogens is 1. The van der Waals surface area contributed by atoms with E-state index < -0.39 is 0 Å². The van der Waals surface area contributed by atoms with Crippen molar-refractivity contribution in [2.75, 3.05) is 23.7 Å². The van der Waals surface area contributed by atoms with E-state index in [2.05, 4.69) is 74.7 Å². The summed E-state index contributed by atoms with van der Waals surface area (Å²) in [6.07, 6.45) is -0.176. The summed E-state index contributed by atoms with van der Waals surface area (Å²) in [5, 5.41) is 7.55. The lowest BCUT2D eigenvalue weighted by Crippen LogP contribution is -2.09. The average molecular weight is 423 g/mol. The molecule has 3 rings (SSSR count). The summed E-state index contributed by atoms with van der Waals surface area (Å²) in [5.74, 6) is 0. The zero-order valence-electron chi connectivity index (χ0n) is 18.3. The zero-order valence-corrected chi connectivity index (χ0v) is 19.0. The predicted molar refractivity (Wildman–Crippen MR) is 129 cm³/mol. The average Bonchev–Trinajstić information content (AvgIpc) is 2.73. The highest BCUT2D eigenvalue weighted by Gasteiger charge is 2.18. The molecule has 0 saturated carbocycles. The van der Waals surface area contributed by atoms with E-state index in [-0.39, 0.29) is 6.10 Å². The van der Waals surface area contributed by atoms with Gasteiger partial charge in [-0.25, -0.2) is 0 Å². The van der Waals surface area contributed by atoms with Crippen molar-refractivity contribution < 1.29 is 4.74 Å². The second-order valence-electron chi connectivity index (χ2n) is 7.49. The molecule has 0 aliphatic heterocycles. The molecule has 3 aromatic carbocycles. The summed E-state index contributed by atoms with van der Waals surface area (Å²) in [7, 11) is 0. The summed E-state index contributed by atoms with van der Waals surface area (Å²) in [6, 6.07) is 20.8. The van der Waals surface area contributed by atoms with E-state index in [1.54, 1.807) is 0 Å². The monoisotopic (exact) mass is 422 g/mol. The molecular weight excluding hydrogens is 392 g/mol. The number of anilines is 2. The van der Waals surface area contributed by atoms with Crippen molar-refractivity contribution in [3.8, 4) is 0 Å². The Morgan fingerprint density at radius 2 is 1.33 bits per heavy atom. The molecule has 0 atom stereocenters. The predicted octanol–water partition coefficient (Wildman–Crippen LogP) is 7.13. The van der Waals surface area contributed by atoms with Crippen molar-refractivity contribution in [2.24, 2.45) is 0 Å². The molecular formula is C26H31ClN2O. The second-order valence-corrected chi connectivity index (χ2v) is 7.90. The van der Waals surface area contributed by atoms with E-state index in [1.165, 1.54) is 11.1 Å². The van der Waals surface area contributed by atoms with Crippen LogP contribution in [0.1, 0.15) is 47.8 Å². The van der Waals surface area contributed by atoms with Gasteiger partial charge in [-0.15, -0.1) is 0 Å². The number of hydrogen-bond donors (Lipinski definition) is 2. The lowest BCUT2D eigenvalue weighted by atomic mass is 9.97. The minimum atomic E-state index is -0.176. The third kappa shape index (κ3) is 5.35. The van der Waals surface area contributed by atoms with Gasteiger partial charge in [-0.05, 0) is 73.7 Å². The van der Waals surface area contributed by atoms with Crippen LogP contribution in [0.25, 0.3) is 0 Å². The third-order valence-corrected chi connectivity index (χ3v) is 5.57. The third-order valence-electron chi connectivity index (χ3n) is 5.20. The fourth-order valence-electron chi connectivity index (χ4n) is 3.65. The Balaban J connectivity index is 1.95. The molecule has 0 aromatic heterocycles. The minimum absolute atomic E-state index is 0.176. The minimum Gasteiger partial charge on any atom is -0.385 e. The van der Waals surface area contributed by atoms with Gasteiger partial charge < -0.3 is 15.4 Å². The van der Waals surface area contributed by atoms with Crippen molar-refractivity contribution >= 4 is 23.0 Å². The standard InChI is InChI=1S/C26H31ClN2O/c1-5-28-24-13-11-20(15-18(24)3)26(30-17-22-9-7-8-10-23(22)27)21-12-14-25(29-6-2)19(4)16-21/h7-16,26,28-29H,5-6,17H2,1-4H3. The van der Waals surface area contributed by atoms with E-state index in [1.807, 2.05) is 24.3 Å². The molecule has 0 saturated heterocycles. The van der Waals surface area contributed by atoms with Gasteiger partial charge >= 0.3 is 0 Å². The van der Waals surface area contributed by atoms with Gasteiger partial charge in [-0.2, -0.15) is 0 Å². The van der Waals surface area contributed by atoms with Crippen LogP contribution in [0, 0.1) is 13.8 Å². The normalized spacial score (nSPS) is 11.0. The molecule has 3 aromatic rings. The van der Waals surface area contributed by atoms with Crippen LogP contribution in [0.4, 0.5) is 11.4 Å². The molecule has 3 nitrogen and oxygen atoms in total. The molecule has 0 fully saturated rings. The number of ether oxygens (including phenoxy) is 1. The Labute approximate surface area is 185 Å². The molecule has 158 valence electrons. The van der Waals surface area contributed by atoms with E-state index in [4.69, 9.17) is 16.3 Å². The Morgan fingerprint density at radius 1 is 0.800 bits per heavy atom. The van der Waals surface area contributed by atoms with Gasteiger partial charge in [0.2, 0.25) is 0 Å². The van der Waals surface area contributed by atoms with Gasteiger partial charge in [-0.1, -0.05) is 54.1 Å². The van der Waals surface area contributed by atoms with Crippen LogP contribution < -0.4 is 10.6 Å². The first-order valence-corrected chi connectivity index (χ1v) is 10.9. The SMILES string of the molecule is CCNc1ccc(C(OCc2ccccc2Cl)c2ccc(NCC)c(C)c2)cc1C. The quantitative estimate of drug-likeness (QED) is 0.385. The maximum atomic E-state index is 6.47. The van der Waals surface area contributed by atoms with Crippen molar-refractivity contribution in [3.05, 3.63) is 93.5 Å². The highest BCUT2D eigenvalue weighted by atomic mass is 35.5. The van der Waals surface area contributed by atoms with Gasteiger partial charge in [0.25, 0.3) is 0 Å². The van der Waals surface area contributed by atoms with Crippen LogP contribution in [0.2, 0.25) is 5.02 Å². The van der Waals surface area contributed by atoms with Crippen molar-refractivity contribution in [3.63, 3.8) is 0 Å². The molecule has 2 N–H and O–H groups in total. The zero-order chi connectivity index (χ0) is 21.5. The topological polar surface area (TPSA) is 33.3 Å². The Kier molecular flexibility index (Phi) is 7.78. The maximum absolute atomic E-state index is 6.47. The molecule has 30 heavy (non-hydrogen) atoms. The Morgan fingerprint density at radius 3 is 1.80 bits per heavy atom.